The van der Waals surface area contributed by atoms with Crippen LogP contribution in [0, 0.1) is 11.8 Å². The average Bonchev–Trinajstić information content (AvgIpc) is 3.88. The molecule has 8 aromatic rings. The topological polar surface area (TPSA) is 18.1 Å². The summed E-state index contributed by atoms with van der Waals surface area (Å²) in [5, 5.41) is 4.92. The molecule has 51 heavy (non-hydrogen) atoms. The highest BCUT2D eigenvalue weighted by Crippen LogP contribution is 2.57. The number of furan rings is 1. The van der Waals surface area contributed by atoms with Crippen LogP contribution in [0.1, 0.15) is 41.7 Å². The van der Waals surface area contributed by atoms with Crippen molar-refractivity contribution in [2.24, 2.45) is 11.8 Å². The van der Waals surface area contributed by atoms with E-state index in [1.807, 2.05) is 0 Å². The van der Waals surface area contributed by atoms with Gasteiger partial charge in [0.2, 0.25) is 0 Å². The summed E-state index contributed by atoms with van der Waals surface area (Å²) in [5.41, 5.74) is 19.0. The average molecular weight is 652 g/mol. The minimum absolute atomic E-state index is 0.224. The zero-order chi connectivity index (χ0) is 33.6. The number of allylic oxidation sites excluding steroid dienone is 8. The minimum Gasteiger partial charge on any atom is -0.456 e. The van der Waals surface area contributed by atoms with E-state index in [-0.39, 0.29) is 5.41 Å². The van der Waals surface area contributed by atoms with E-state index in [0.717, 1.165) is 11.2 Å². The van der Waals surface area contributed by atoms with Crippen molar-refractivity contribution in [1.29, 1.82) is 0 Å². The number of nitrogens with zero attached hydrogens (tertiary/aromatic N) is 1. The molecule has 12 rings (SSSR count). The lowest BCUT2D eigenvalue weighted by atomic mass is 9.72. The van der Waals surface area contributed by atoms with Gasteiger partial charge in [0.1, 0.15) is 11.2 Å². The van der Waals surface area contributed by atoms with E-state index < -0.39 is 0 Å². The van der Waals surface area contributed by atoms with Crippen LogP contribution in [0.15, 0.2) is 156 Å². The number of fused-ring (bicyclic) bond motifs is 14. The Hall–Kier alpha value is -6.12. The lowest BCUT2D eigenvalue weighted by molar-refractivity contribution is 0.620. The Labute approximate surface area is 296 Å². The summed E-state index contributed by atoms with van der Waals surface area (Å²) in [6, 6.07) is 44.9. The van der Waals surface area contributed by atoms with Gasteiger partial charge in [0, 0.05) is 55.6 Å². The van der Waals surface area contributed by atoms with Crippen molar-refractivity contribution in [3.63, 3.8) is 0 Å². The smallest absolute Gasteiger partial charge is 0.140 e. The molecule has 0 aliphatic heterocycles. The molecule has 2 nitrogen and oxygen atoms in total. The lowest BCUT2D eigenvalue weighted by Crippen LogP contribution is -2.18. The van der Waals surface area contributed by atoms with Crippen molar-refractivity contribution in [2.75, 3.05) is 0 Å². The first-order valence-electron chi connectivity index (χ1n) is 18.1. The first-order valence-corrected chi connectivity index (χ1v) is 18.1. The van der Waals surface area contributed by atoms with Crippen LogP contribution in [0.25, 0.3) is 77.3 Å². The molecule has 0 fully saturated rings. The molecule has 2 aromatic heterocycles. The maximum absolute atomic E-state index is 6.67. The van der Waals surface area contributed by atoms with E-state index in [0.29, 0.717) is 11.8 Å². The van der Waals surface area contributed by atoms with Crippen LogP contribution >= 0.6 is 0 Å². The van der Waals surface area contributed by atoms with Crippen LogP contribution in [0.5, 0.6) is 0 Å². The van der Waals surface area contributed by atoms with Crippen LogP contribution in [-0.4, -0.2) is 4.57 Å². The van der Waals surface area contributed by atoms with Gasteiger partial charge in [0.15, 0.2) is 0 Å². The van der Waals surface area contributed by atoms with Crippen molar-refractivity contribution in [1.82, 2.24) is 4.57 Å². The summed E-state index contributed by atoms with van der Waals surface area (Å²) in [5.74, 6) is 0.710. The Morgan fingerprint density at radius 2 is 1.29 bits per heavy atom. The third-order valence-corrected chi connectivity index (χ3v) is 12.4. The molecule has 2 heterocycles. The zero-order valence-corrected chi connectivity index (χ0v) is 28.4. The third kappa shape index (κ3) is 3.43. The van der Waals surface area contributed by atoms with Crippen molar-refractivity contribution in [2.45, 2.75) is 19.3 Å². The largest absolute Gasteiger partial charge is 0.456 e. The third-order valence-electron chi connectivity index (χ3n) is 12.4. The van der Waals surface area contributed by atoms with Crippen LogP contribution in [0.4, 0.5) is 0 Å². The van der Waals surface area contributed by atoms with Gasteiger partial charge in [-0.25, -0.2) is 0 Å². The Balaban J connectivity index is 1.05. The zero-order valence-electron chi connectivity index (χ0n) is 28.4. The summed E-state index contributed by atoms with van der Waals surface area (Å²) in [4.78, 5) is 0. The molecule has 2 atom stereocenters. The first-order chi connectivity index (χ1) is 25.1. The van der Waals surface area contributed by atoms with Gasteiger partial charge in [-0.05, 0) is 74.9 Å². The second-order valence-electron chi connectivity index (χ2n) is 15.2. The highest BCUT2D eigenvalue weighted by Gasteiger charge is 2.42. The fourth-order valence-corrected chi connectivity index (χ4v) is 10.2. The van der Waals surface area contributed by atoms with Gasteiger partial charge in [-0.2, -0.15) is 0 Å². The summed E-state index contributed by atoms with van der Waals surface area (Å²) < 4.78 is 9.17. The second kappa shape index (κ2) is 9.56. The Bertz CT molecular complexity index is 2990. The van der Waals surface area contributed by atoms with Crippen molar-refractivity contribution in [3.05, 3.63) is 180 Å². The number of hydrogen-bond acceptors (Lipinski definition) is 1. The van der Waals surface area contributed by atoms with E-state index in [2.05, 4.69) is 170 Å². The number of hydrogen-bond donors (Lipinski definition) is 0. The Morgan fingerprint density at radius 1 is 0.588 bits per heavy atom. The van der Waals surface area contributed by atoms with Gasteiger partial charge < -0.3 is 8.98 Å². The van der Waals surface area contributed by atoms with Gasteiger partial charge in [0.25, 0.3) is 0 Å². The monoisotopic (exact) mass is 651 g/mol. The van der Waals surface area contributed by atoms with Crippen molar-refractivity contribution < 1.29 is 4.42 Å². The fraction of sp³-hybridized carbons (Fsp3) is 0.102. The van der Waals surface area contributed by atoms with Gasteiger partial charge in [-0.1, -0.05) is 135 Å². The molecule has 4 aliphatic carbocycles. The lowest BCUT2D eigenvalue weighted by Gasteiger charge is -2.31. The van der Waals surface area contributed by atoms with Crippen LogP contribution < -0.4 is 0 Å². The van der Waals surface area contributed by atoms with E-state index >= 15 is 0 Å². The molecule has 0 saturated carbocycles. The number of para-hydroxylation sites is 2. The molecule has 0 amide bonds. The molecule has 240 valence electrons. The normalized spacial score (nSPS) is 19.2. The van der Waals surface area contributed by atoms with Crippen molar-refractivity contribution in [3.8, 4) is 16.8 Å². The molecule has 0 radical (unpaired) electrons. The van der Waals surface area contributed by atoms with Gasteiger partial charge in [-0.15, -0.1) is 0 Å². The number of aromatic nitrogens is 1. The van der Waals surface area contributed by atoms with Crippen LogP contribution in [0.3, 0.4) is 0 Å². The SMILES string of the molecule is CC1(C)c2ccc3c4ccccc4n(-c4ccc(C5=CC=C6c7ccccc7C7=CC=CC5C76)cc4)c3c2-c2ccc3c(oc4ccccc43)c21. The van der Waals surface area contributed by atoms with E-state index in [4.69, 9.17) is 4.42 Å². The summed E-state index contributed by atoms with van der Waals surface area (Å²) >= 11 is 0. The van der Waals surface area contributed by atoms with Crippen molar-refractivity contribution >= 4 is 60.5 Å². The standard InChI is InChI=1S/C49H33NO/c1-49(2)41-27-26-38-33-12-5-7-16-42(33)50(47(38)45(41)40-25-24-39-34-13-6-8-17-43(34)51-48(39)46(40)49)29-20-18-28(19-21-29)30-22-23-37-32-11-4-3-10-31(32)36-15-9-14-35(30)44(36)37/h3-27,35,44H,1-2H3. The molecule has 2 heteroatoms. The van der Waals surface area contributed by atoms with Gasteiger partial charge in [0.05, 0.1) is 11.0 Å². The fourth-order valence-electron chi connectivity index (χ4n) is 10.2. The summed E-state index contributed by atoms with van der Waals surface area (Å²) in [6.07, 6.45) is 11.7. The van der Waals surface area contributed by atoms with E-state index in [9.17, 15) is 0 Å². The number of benzene rings is 6. The highest BCUT2D eigenvalue weighted by atomic mass is 16.3. The molecular formula is C49H33NO. The minimum atomic E-state index is -0.224. The van der Waals surface area contributed by atoms with Crippen LogP contribution in [-0.2, 0) is 5.41 Å². The molecule has 0 N–H and O–H groups in total. The molecule has 0 spiro atoms. The second-order valence-corrected chi connectivity index (χ2v) is 15.2. The molecule has 0 saturated heterocycles. The molecule has 6 aromatic carbocycles. The maximum atomic E-state index is 6.67. The Kier molecular flexibility index (Phi) is 5.19. The van der Waals surface area contributed by atoms with Gasteiger partial charge >= 0.3 is 0 Å². The molecule has 4 aliphatic rings. The molecular weight excluding hydrogens is 619 g/mol. The predicted molar refractivity (Wildman–Crippen MR) is 212 cm³/mol. The highest BCUT2D eigenvalue weighted by molar-refractivity contribution is 6.17. The van der Waals surface area contributed by atoms with E-state index in [1.165, 1.54) is 93.9 Å². The maximum Gasteiger partial charge on any atom is 0.140 e. The Morgan fingerprint density at radius 3 is 2.14 bits per heavy atom. The summed E-state index contributed by atoms with van der Waals surface area (Å²) in [7, 11) is 0. The predicted octanol–water partition coefficient (Wildman–Crippen LogP) is 12.7. The van der Waals surface area contributed by atoms with E-state index in [1.54, 1.807) is 0 Å². The molecule has 0 bridgehead atoms. The first kappa shape index (κ1) is 27.7. The number of rotatable bonds is 2. The van der Waals surface area contributed by atoms with Gasteiger partial charge in [-0.3, -0.25) is 0 Å². The van der Waals surface area contributed by atoms with Crippen LogP contribution in [0.2, 0.25) is 0 Å². The quantitative estimate of drug-likeness (QED) is 0.182. The molecule has 2 unspecified atom stereocenters. The summed E-state index contributed by atoms with van der Waals surface area (Å²) in [6.45, 7) is 4.72.